The van der Waals surface area contributed by atoms with Crippen LogP contribution in [0.15, 0.2) is 30.3 Å². The molecule has 3 N–H and O–H groups in total. The number of likely N-dealkylation sites (tertiary alicyclic amines) is 2. The number of β-amino-alcohol motifs (C(OH)–C–C–N with tert-alkyl or cyclic N) is 1. The molecule has 0 bridgehead atoms. The number of aliphatic hydroxyl groups excluding tert-OH is 1. The highest BCUT2D eigenvalue weighted by Gasteiger charge is 2.40. The third-order valence-electron chi connectivity index (χ3n) is 5.54. The SMILES string of the molecule is O=C(O)[C@@H]1CCCN1C(=O)[C@@H](CC(=O)N1CC[C@@H](O)C1)NS(=O)(=O)Cc1ccccc1. The van der Waals surface area contributed by atoms with E-state index in [2.05, 4.69) is 4.72 Å². The Morgan fingerprint density at radius 3 is 2.45 bits per heavy atom. The molecule has 2 amide bonds. The molecule has 0 aromatic heterocycles. The van der Waals surface area contributed by atoms with E-state index in [1.807, 2.05) is 0 Å². The lowest BCUT2D eigenvalue weighted by molar-refractivity contribution is -0.149. The van der Waals surface area contributed by atoms with Crippen molar-refractivity contribution in [2.75, 3.05) is 19.6 Å². The van der Waals surface area contributed by atoms with Crippen LogP contribution in [0.2, 0.25) is 0 Å². The number of hydrogen-bond acceptors (Lipinski definition) is 6. The molecule has 0 saturated carbocycles. The van der Waals surface area contributed by atoms with Crippen LogP contribution in [0.1, 0.15) is 31.2 Å². The van der Waals surface area contributed by atoms with E-state index in [-0.39, 0.29) is 25.3 Å². The van der Waals surface area contributed by atoms with Crippen LogP contribution in [0, 0.1) is 0 Å². The van der Waals surface area contributed by atoms with E-state index in [1.54, 1.807) is 30.3 Å². The number of carbonyl (C=O) groups is 3. The zero-order valence-electron chi connectivity index (χ0n) is 17.0. The lowest BCUT2D eigenvalue weighted by Crippen LogP contribution is -2.53. The number of aliphatic hydroxyl groups is 1. The minimum Gasteiger partial charge on any atom is -0.480 e. The standard InChI is InChI=1S/C20H27N3O7S/c24-15-8-10-22(12-15)18(25)11-16(19(26)23-9-4-7-17(23)20(27)28)21-31(29,30)13-14-5-2-1-3-6-14/h1-3,5-6,15-17,21,24H,4,7-13H2,(H,27,28)/t15-,16-,17+/m1/s1. The van der Waals surface area contributed by atoms with Gasteiger partial charge in [-0.05, 0) is 24.8 Å². The van der Waals surface area contributed by atoms with E-state index in [0.29, 0.717) is 24.9 Å². The summed E-state index contributed by atoms with van der Waals surface area (Å²) in [6, 6.07) is 5.94. The Balaban J connectivity index is 1.78. The first-order valence-electron chi connectivity index (χ1n) is 10.2. The van der Waals surface area contributed by atoms with Gasteiger partial charge in [0.25, 0.3) is 0 Å². The molecule has 1 aromatic carbocycles. The Morgan fingerprint density at radius 2 is 1.84 bits per heavy atom. The van der Waals surface area contributed by atoms with Gasteiger partial charge in [0.1, 0.15) is 12.1 Å². The second-order valence-electron chi connectivity index (χ2n) is 7.93. The van der Waals surface area contributed by atoms with Crippen molar-refractivity contribution in [2.45, 2.75) is 49.6 Å². The monoisotopic (exact) mass is 453 g/mol. The molecule has 11 heteroatoms. The molecule has 10 nitrogen and oxygen atoms in total. The molecule has 2 heterocycles. The number of sulfonamides is 1. The fourth-order valence-corrected chi connectivity index (χ4v) is 5.32. The topological polar surface area (TPSA) is 144 Å². The van der Waals surface area contributed by atoms with Crippen molar-refractivity contribution in [1.82, 2.24) is 14.5 Å². The Kier molecular flexibility index (Phi) is 7.29. The number of aliphatic carboxylic acids is 1. The molecule has 31 heavy (non-hydrogen) atoms. The maximum Gasteiger partial charge on any atom is 0.326 e. The predicted molar refractivity (Wildman–Crippen MR) is 110 cm³/mol. The number of hydrogen-bond donors (Lipinski definition) is 3. The minimum absolute atomic E-state index is 0.123. The van der Waals surface area contributed by atoms with Crippen LogP contribution in [0.4, 0.5) is 0 Å². The first-order chi connectivity index (χ1) is 14.7. The summed E-state index contributed by atoms with van der Waals surface area (Å²) in [5, 5.41) is 19.1. The molecule has 2 saturated heterocycles. The molecule has 2 aliphatic heterocycles. The summed E-state index contributed by atoms with van der Waals surface area (Å²) >= 11 is 0. The molecule has 2 fully saturated rings. The Morgan fingerprint density at radius 1 is 1.13 bits per heavy atom. The quantitative estimate of drug-likeness (QED) is 0.483. The van der Waals surface area contributed by atoms with Crippen molar-refractivity contribution < 1.29 is 33.0 Å². The van der Waals surface area contributed by atoms with E-state index >= 15 is 0 Å². The second kappa shape index (κ2) is 9.75. The van der Waals surface area contributed by atoms with Crippen LogP contribution in [0.3, 0.4) is 0 Å². The van der Waals surface area contributed by atoms with E-state index in [0.717, 1.165) is 4.90 Å². The maximum absolute atomic E-state index is 13.1. The molecular formula is C20H27N3O7S. The zero-order chi connectivity index (χ0) is 22.6. The Labute approximate surface area is 180 Å². The van der Waals surface area contributed by atoms with Crippen molar-refractivity contribution in [1.29, 1.82) is 0 Å². The molecule has 2 aliphatic rings. The predicted octanol–water partition coefficient (Wildman–Crippen LogP) is -0.466. The van der Waals surface area contributed by atoms with Crippen molar-refractivity contribution in [3.8, 4) is 0 Å². The first-order valence-corrected chi connectivity index (χ1v) is 11.8. The average molecular weight is 454 g/mol. The highest BCUT2D eigenvalue weighted by Crippen LogP contribution is 2.21. The lowest BCUT2D eigenvalue weighted by Gasteiger charge is -2.28. The van der Waals surface area contributed by atoms with Crippen LogP contribution in [-0.2, 0) is 30.2 Å². The van der Waals surface area contributed by atoms with Gasteiger partial charge >= 0.3 is 5.97 Å². The van der Waals surface area contributed by atoms with Gasteiger partial charge in [-0.1, -0.05) is 30.3 Å². The van der Waals surface area contributed by atoms with Crippen LogP contribution >= 0.6 is 0 Å². The Hall–Kier alpha value is -2.50. The van der Waals surface area contributed by atoms with Gasteiger partial charge in [-0.3, -0.25) is 9.59 Å². The maximum atomic E-state index is 13.1. The van der Waals surface area contributed by atoms with E-state index in [1.165, 1.54) is 4.90 Å². The summed E-state index contributed by atoms with van der Waals surface area (Å²) in [6.07, 6.45) is 0.0810. The molecule has 0 unspecified atom stereocenters. The highest BCUT2D eigenvalue weighted by molar-refractivity contribution is 7.88. The fraction of sp³-hybridized carbons (Fsp3) is 0.550. The first kappa shape index (κ1) is 23.2. The number of carboxylic acids is 1. The van der Waals surface area contributed by atoms with Gasteiger partial charge in [0.05, 0.1) is 18.3 Å². The smallest absolute Gasteiger partial charge is 0.326 e. The zero-order valence-corrected chi connectivity index (χ0v) is 17.8. The third-order valence-corrected chi connectivity index (χ3v) is 6.89. The number of benzene rings is 1. The van der Waals surface area contributed by atoms with Crippen molar-refractivity contribution in [3.63, 3.8) is 0 Å². The van der Waals surface area contributed by atoms with Gasteiger partial charge in [-0.2, -0.15) is 0 Å². The number of rotatable bonds is 8. The summed E-state index contributed by atoms with van der Waals surface area (Å²) in [7, 11) is -3.99. The summed E-state index contributed by atoms with van der Waals surface area (Å²) in [5.41, 5.74) is 0.514. The summed E-state index contributed by atoms with van der Waals surface area (Å²) in [4.78, 5) is 39.8. The number of nitrogens with one attached hydrogen (secondary N) is 1. The van der Waals surface area contributed by atoms with Crippen molar-refractivity contribution in [2.24, 2.45) is 0 Å². The van der Waals surface area contributed by atoms with Gasteiger partial charge in [-0.25, -0.2) is 17.9 Å². The van der Waals surface area contributed by atoms with Crippen LogP contribution in [0.25, 0.3) is 0 Å². The van der Waals surface area contributed by atoms with E-state index in [4.69, 9.17) is 0 Å². The van der Waals surface area contributed by atoms with Gasteiger partial charge in [0.2, 0.25) is 21.8 Å². The minimum atomic E-state index is -3.99. The number of carbonyl (C=O) groups excluding carboxylic acids is 2. The van der Waals surface area contributed by atoms with Crippen molar-refractivity contribution in [3.05, 3.63) is 35.9 Å². The van der Waals surface area contributed by atoms with Crippen molar-refractivity contribution >= 4 is 27.8 Å². The normalized spacial score (nSPS) is 22.5. The van der Waals surface area contributed by atoms with Gasteiger partial charge in [0.15, 0.2) is 0 Å². The number of carboxylic acid groups (broad SMARTS) is 1. The summed E-state index contributed by atoms with van der Waals surface area (Å²) in [5.74, 6) is -2.74. The molecule has 1 aromatic rings. The summed E-state index contributed by atoms with van der Waals surface area (Å²) in [6.45, 7) is 0.625. The Bertz CT molecular complexity index is 922. The molecule has 3 rings (SSSR count). The van der Waals surface area contributed by atoms with Gasteiger partial charge in [0, 0.05) is 19.6 Å². The molecule has 0 spiro atoms. The van der Waals surface area contributed by atoms with Crippen LogP contribution in [-0.4, -0.2) is 84.0 Å². The number of nitrogens with zero attached hydrogens (tertiary/aromatic N) is 2. The molecule has 0 aliphatic carbocycles. The average Bonchev–Trinajstić information content (AvgIpc) is 3.36. The molecule has 170 valence electrons. The van der Waals surface area contributed by atoms with Crippen LogP contribution in [0.5, 0.6) is 0 Å². The second-order valence-corrected chi connectivity index (χ2v) is 9.68. The van der Waals surface area contributed by atoms with E-state index in [9.17, 15) is 33.0 Å². The highest BCUT2D eigenvalue weighted by atomic mass is 32.2. The van der Waals surface area contributed by atoms with Gasteiger partial charge in [-0.15, -0.1) is 0 Å². The molecular weight excluding hydrogens is 426 g/mol. The number of amides is 2. The van der Waals surface area contributed by atoms with Crippen LogP contribution < -0.4 is 4.72 Å². The van der Waals surface area contributed by atoms with Gasteiger partial charge < -0.3 is 20.0 Å². The molecule has 0 radical (unpaired) electrons. The third kappa shape index (κ3) is 6.02. The lowest BCUT2D eigenvalue weighted by atomic mass is 10.1. The summed E-state index contributed by atoms with van der Waals surface area (Å²) < 4.78 is 27.8. The molecule has 3 atom stereocenters. The van der Waals surface area contributed by atoms with E-state index < -0.39 is 52.4 Å². The fourth-order valence-electron chi connectivity index (χ4n) is 3.99. The largest absolute Gasteiger partial charge is 0.480 e.